The van der Waals surface area contributed by atoms with Crippen LogP contribution in [0.2, 0.25) is 0 Å². The van der Waals surface area contributed by atoms with E-state index in [2.05, 4.69) is 5.32 Å². The maximum Gasteiger partial charge on any atom is 0.343 e. The van der Waals surface area contributed by atoms with E-state index in [0.717, 1.165) is 4.90 Å². The highest BCUT2D eigenvalue weighted by Gasteiger charge is 2.37. The van der Waals surface area contributed by atoms with E-state index >= 15 is 0 Å². The lowest BCUT2D eigenvalue weighted by molar-refractivity contribution is -0.122. The summed E-state index contributed by atoms with van der Waals surface area (Å²) in [6, 6.07) is 13.3. The summed E-state index contributed by atoms with van der Waals surface area (Å²) in [5.41, 5.74) is 1.30. The number of urea groups is 1. The van der Waals surface area contributed by atoms with Crippen molar-refractivity contribution in [1.29, 1.82) is 0 Å². The lowest BCUT2D eigenvalue weighted by Crippen LogP contribution is -2.54. The summed E-state index contributed by atoms with van der Waals surface area (Å²) in [4.78, 5) is 52.2. The second kappa shape index (κ2) is 11.6. The minimum Gasteiger partial charge on any atom is -0.493 e. The van der Waals surface area contributed by atoms with Crippen molar-refractivity contribution in [3.05, 3.63) is 76.9 Å². The topological polar surface area (TPSA) is 130 Å². The van der Waals surface area contributed by atoms with Gasteiger partial charge in [0.1, 0.15) is 5.57 Å². The molecule has 11 heteroatoms. The zero-order valence-corrected chi connectivity index (χ0v) is 22.4. The number of para-hydroxylation sites is 1. The van der Waals surface area contributed by atoms with Crippen LogP contribution in [-0.4, -0.2) is 52.3 Å². The van der Waals surface area contributed by atoms with E-state index in [0.29, 0.717) is 22.6 Å². The minimum absolute atomic E-state index is 0.0829. The summed E-state index contributed by atoms with van der Waals surface area (Å²) in [5.74, 6) is -1.23. The summed E-state index contributed by atoms with van der Waals surface area (Å²) in [6.07, 6.45) is 1.32. The molecule has 1 heterocycles. The molecule has 4 rings (SSSR count). The van der Waals surface area contributed by atoms with Crippen LogP contribution in [0.5, 0.6) is 28.7 Å². The van der Waals surface area contributed by atoms with Gasteiger partial charge in [-0.3, -0.25) is 14.9 Å². The second-order valence-corrected chi connectivity index (χ2v) is 8.46. The van der Waals surface area contributed by atoms with Gasteiger partial charge in [-0.15, -0.1) is 0 Å². The number of methoxy groups -OCH3 is 4. The molecule has 206 valence electrons. The molecule has 0 aliphatic carbocycles. The van der Waals surface area contributed by atoms with E-state index in [1.165, 1.54) is 64.8 Å². The summed E-state index contributed by atoms with van der Waals surface area (Å²) in [6.45, 7) is 1.75. The number of rotatable bonds is 8. The monoisotopic (exact) mass is 546 g/mol. The molecule has 0 atom stereocenters. The number of hydrogen-bond donors (Lipinski definition) is 1. The number of imide groups is 2. The number of anilines is 1. The maximum atomic E-state index is 13.2. The predicted octanol–water partition coefficient (Wildman–Crippen LogP) is 3.92. The zero-order valence-electron chi connectivity index (χ0n) is 22.4. The molecule has 0 saturated carbocycles. The van der Waals surface area contributed by atoms with Crippen LogP contribution in [0.25, 0.3) is 6.08 Å². The van der Waals surface area contributed by atoms with E-state index in [1.807, 2.05) is 0 Å². The molecular weight excluding hydrogens is 520 g/mol. The van der Waals surface area contributed by atoms with Gasteiger partial charge in [0.05, 0.1) is 39.7 Å². The van der Waals surface area contributed by atoms with Gasteiger partial charge in [0.2, 0.25) is 5.75 Å². The molecule has 0 bridgehead atoms. The third-order valence-electron chi connectivity index (χ3n) is 6.06. The fourth-order valence-corrected chi connectivity index (χ4v) is 4.07. The molecule has 4 amide bonds. The molecule has 3 aromatic rings. The van der Waals surface area contributed by atoms with Crippen molar-refractivity contribution in [3.63, 3.8) is 0 Å². The molecular formula is C29H26N2O9. The number of carbonyl (C=O) groups excluding carboxylic acids is 4. The van der Waals surface area contributed by atoms with Crippen LogP contribution in [0.4, 0.5) is 10.5 Å². The highest BCUT2D eigenvalue weighted by molar-refractivity contribution is 6.39. The molecule has 11 nitrogen and oxygen atoms in total. The number of nitrogens with zero attached hydrogens (tertiary/aromatic N) is 1. The molecule has 1 fully saturated rings. The summed E-state index contributed by atoms with van der Waals surface area (Å²) in [7, 11) is 5.68. The molecule has 1 saturated heterocycles. The van der Waals surface area contributed by atoms with Crippen LogP contribution in [0.15, 0.2) is 60.2 Å². The molecule has 0 unspecified atom stereocenters. The molecule has 0 spiro atoms. The summed E-state index contributed by atoms with van der Waals surface area (Å²) in [5, 5.41) is 2.20. The van der Waals surface area contributed by atoms with Crippen molar-refractivity contribution in [1.82, 2.24) is 5.32 Å². The third kappa shape index (κ3) is 5.30. The van der Waals surface area contributed by atoms with Gasteiger partial charge >= 0.3 is 12.0 Å². The largest absolute Gasteiger partial charge is 0.493 e. The number of esters is 1. The Hall–Kier alpha value is -5.32. The lowest BCUT2D eigenvalue weighted by atomic mass is 10.1. The van der Waals surface area contributed by atoms with Crippen LogP contribution >= 0.6 is 0 Å². The molecule has 40 heavy (non-hydrogen) atoms. The maximum absolute atomic E-state index is 13.2. The normalized spacial score (nSPS) is 14.1. The van der Waals surface area contributed by atoms with Gasteiger partial charge in [-0.2, -0.15) is 0 Å². The van der Waals surface area contributed by atoms with Gasteiger partial charge < -0.3 is 23.7 Å². The van der Waals surface area contributed by atoms with Crippen molar-refractivity contribution < 1.29 is 42.9 Å². The number of carbonyl (C=O) groups is 4. The van der Waals surface area contributed by atoms with Crippen molar-refractivity contribution in [2.45, 2.75) is 6.92 Å². The number of ether oxygens (including phenoxy) is 5. The zero-order chi connectivity index (χ0) is 29.0. The van der Waals surface area contributed by atoms with E-state index in [9.17, 15) is 19.2 Å². The smallest absolute Gasteiger partial charge is 0.343 e. The fraction of sp³-hybridized carbons (Fsp3) is 0.172. The number of benzene rings is 3. The first-order valence-electron chi connectivity index (χ1n) is 11.9. The summed E-state index contributed by atoms with van der Waals surface area (Å²) < 4.78 is 26.8. The number of hydrogen-bond acceptors (Lipinski definition) is 9. The van der Waals surface area contributed by atoms with Crippen LogP contribution in [-0.2, 0) is 9.59 Å². The molecule has 0 aromatic heterocycles. The lowest BCUT2D eigenvalue weighted by Gasteiger charge is -2.27. The Kier molecular flexibility index (Phi) is 8.04. The molecule has 1 N–H and O–H groups in total. The van der Waals surface area contributed by atoms with Crippen molar-refractivity contribution >= 4 is 35.6 Å². The Balaban J connectivity index is 1.63. The van der Waals surface area contributed by atoms with Crippen LogP contribution < -0.4 is 33.9 Å². The number of aryl methyl sites for hydroxylation is 1. The Morgan fingerprint density at radius 1 is 0.800 bits per heavy atom. The molecule has 1 aliphatic rings. The molecule has 0 radical (unpaired) electrons. The van der Waals surface area contributed by atoms with Gasteiger partial charge in [-0.25, -0.2) is 14.5 Å². The van der Waals surface area contributed by atoms with Crippen LogP contribution in [0, 0.1) is 6.92 Å². The van der Waals surface area contributed by atoms with E-state index < -0.39 is 23.8 Å². The Morgan fingerprint density at radius 2 is 1.45 bits per heavy atom. The number of nitrogens with one attached hydrogen (secondary N) is 1. The van der Waals surface area contributed by atoms with Crippen molar-refractivity contribution in [2.24, 2.45) is 0 Å². The van der Waals surface area contributed by atoms with Crippen molar-refractivity contribution in [2.75, 3.05) is 33.3 Å². The molecule has 3 aromatic carbocycles. The second-order valence-electron chi connectivity index (χ2n) is 8.46. The highest BCUT2D eigenvalue weighted by atomic mass is 16.6. The average molecular weight is 547 g/mol. The van der Waals surface area contributed by atoms with E-state index in [1.54, 1.807) is 31.2 Å². The third-order valence-corrected chi connectivity index (χ3v) is 6.06. The first-order chi connectivity index (χ1) is 19.2. The van der Waals surface area contributed by atoms with Crippen LogP contribution in [0.1, 0.15) is 21.5 Å². The quantitative estimate of drug-likeness (QED) is 0.193. The van der Waals surface area contributed by atoms with E-state index in [4.69, 9.17) is 23.7 Å². The highest BCUT2D eigenvalue weighted by Crippen LogP contribution is 2.39. The Labute approximate surface area is 229 Å². The fourth-order valence-electron chi connectivity index (χ4n) is 4.07. The first kappa shape index (κ1) is 27.7. The number of amides is 4. The Bertz CT molecular complexity index is 1520. The minimum atomic E-state index is -0.840. The van der Waals surface area contributed by atoms with Gasteiger partial charge in [-0.05, 0) is 54.5 Å². The SMILES string of the molecule is COc1cc(/C=C2\C(=O)NC(=O)N(c3ccccc3C)C2=O)ccc1OC(=O)c1cc(OC)c(OC)c(OC)c1. The summed E-state index contributed by atoms with van der Waals surface area (Å²) >= 11 is 0. The van der Waals surface area contributed by atoms with Gasteiger partial charge in [0.25, 0.3) is 11.8 Å². The standard InChI is InChI=1S/C29H26N2O9/c1-16-8-6-7-9-20(16)31-27(33)19(26(32)30-29(31)35)12-17-10-11-21(22(13-17)36-2)40-28(34)18-14-23(37-3)25(39-5)24(15-18)38-4/h6-15H,1-5H3,(H,30,32,35)/b19-12+. The number of barbiturate groups is 1. The van der Waals surface area contributed by atoms with Crippen LogP contribution in [0.3, 0.4) is 0 Å². The first-order valence-corrected chi connectivity index (χ1v) is 11.9. The predicted molar refractivity (Wildman–Crippen MR) is 144 cm³/mol. The van der Waals surface area contributed by atoms with Crippen molar-refractivity contribution in [3.8, 4) is 28.7 Å². The average Bonchev–Trinajstić information content (AvgIpc) is 2.95. The van der Waals surface area contributed by atoms with Gasteiger partial charge in [0, 0.05) is 0 Å². The molecule has 1 aliphatic heterocycles. The van der Waals surface area contributed by atoms with E-state index in [-0.39, 0.29) is 34.1 Å². The Morgan fingerprint density at radius 3 is 2.05 bits per heavy atom. The van der Waals surface area contributed by atoms with Gasteiger partial charge in [0.15, 0.2) is 23.0 Å². The van der Waals surface area contributed by atoms with Gasteiger partial charge in [-0.1, -0.05) is 24.3 Å².